The SMILES string of the molecule is CN(C(=O)O)C(C)(C)c1ccncn1. The maximum absolute atomic E-state index is 10.8. The Morgan fingerprint density at radius 3 is 2.64 bits per heavy atom. The third-order valence-corrected chi connectivity index (χ3v) is 2.33. The van der Waals surface area contributed by atoms with Crippen LogP contribution in [-0.4, -0.2) is 33.1 Å². The summed E-state index contributed by atoms with van der Waals surface area (Å²) in [4.78, 5) is 19.8. The summed E-state index contributed by atoms with van der Waals surface area (Å²) in [5.74, 6) is 0. The van der Waals surface area contributed by atoms with Crippen molar-refractivity contribution in [1.29, 1.82) is 0 Å². The molecule has 14 heavy (non-hydrogen) atoms. The van der Waals surface area contributed by atoms with Crippen LogP contribution in [0.2, 0.25) is 0 Å². The van der Waals surface area contributed by atoms with E-state index in [2.05, 4.69) is 9.97 Å². The van der Waals surface area contributed by atoms with E-state index in [-0.39, 0.29) is 0 Å². The van der Waals surface area contributed by atoms with E-state index in [0.29, 0.717) is 5.69 Å². The Morgan fingerprint density at radius 2 is 2.21 bits per heavy atom. The molecule has 0 aliphatic carbocycles. The Morgan fingerprint density at radius 1 is 1.57 bits per heavy atom. The fourth-order valence-corrected chi connectivity index (χ4v) is 1.06. The van der Waals surface area contributed by atoms with Gasteiger partial charge in [-0.1, -0.05) is 0 Å². The van der Waals surface area contributed by atoms with Crippen molar-refractivity contribution in [2.24, 2.45) is 0 Å². The number of hydrogen-bond acceptors (Lipinski definition) is 3. The van der Waals surface area contributed by atoms with Gasteiger partial charge in [-0.05, 0) is 19.9 Å². The zero-order chi connectivity index (χ0) is 10.8. The highest BCUT2D eigenvalue weighted by molar-refractivity contribution is 5.65. The first-order valence-electron chi connectivity index (χ1n) is 4.19. The van der Waals surface area contributed by atoms with Crippen molar-refractivity contribution >= 4 is 6.09 Å². The topological polar surface area (TPSA) is 66.3 Å². The summed E-state index contributed by atoms with van der Waals surface area (Å²) < 4.78 is 0. The molecule has 0 aromatic carbocycles. The van der Waals surface area contributed by atoms with E-state index in [1.165, 1.54) is 18.3 Å². The van der Waals surface area contributed by atoms with Gasteiger partial charge in [0.05, 0.1) is 11.2 Å². The molecule has 1 N–H and O–H groups in total. The number of amides is 1. The molecule has 1 rings (SSSR count). The lowest BCUT2D eigenvalue weighted by atomic mass is 9.99. The molecule has 0 fully saturated rings. The third-order valence-electron chi connectivity index (χ3n) is 2.33. The van der Waals surface area contributed by atoms with Crippen molar-refractivity contribution in [3.05, 3.63) is 24.3 Å². The molecule has 5 nitrogen and oxygen atoms in total. The molecule has 0 aliphatic rings. The van der Waals surface area contributed by atoms with Gasteiger partial charge in [0.2, 0.25) is 0 Å². The third kappa shape index (κ3) is 1.81. The Bertz CT molecular complexity index is 324. The first-order valence-corrected chi connectivity index (χ1v) is 4.19. The Balaban J connectivity index is 3.02. The van der Waals surface area contributed by atoms with E-state index < -0.39 is 11.6 Å². The molecule has 0 radical (unpaired) electrons. The Hall–Kier alpha value is -1.65. The number of hydrogen-bond donors (Lipinski definition) is 1. The lowest BCUT2D eigenvalue weighted by Gasteiger charge is -2.32. The number of aromatic nitrogens is 2. The van der Waals surface area contributed by atoms with Crippen molar-refractivity contribution in [3.8, 4) is 0 Å². The molecular formula is C9H13N3O2. The van der Waals surface area contributed by atoms with Crippen LogP contribution < -0.4 is 0 Å². The number of nitrogens with zero attached hydrogens (tertiary/aromatic N) is 3. The van der Waals surface area contributed by atoms with Crippen LogP contribution in [0.25, 0.3) is 0 Å². The lowest BCUT2D eigenvalue weighted by Crippen LogP contribution is -2.42. The van der Waals surface area contributed by atoms with Crippen molar-refractivity contribution in [2.45, 2.75) is 19.4 Å². The molecule has 0 spiro atoms. The smallest absolute Gasteiger partial charge is 0.407 e. The van der Waals surface area contributed by atoms with Crippen molar-refractivity contribution in [2.75, 3.05) is 7.05 Å². The summed E-state index contributed by atoms with van der Waals surface area (Å²) >= 11 is 0. The summed E-state index contributed by atoms with van der Waals surface area (Å²) in [5, 5.41) is 8.86. The van der Waals surface area contributed by atoms with Gasteiger partial charge < -0.3 is 10.0 Å². The highest BCUT2D eigenvalue weighted by Crippen LogP contribution is 2.23. The molecule has 0 unspecified atom stereocenters. The molecule has 1 heterocycles. The Labute approximate surface area is 82.4 Å². The molecule has 1 aromatic heterocycles. The molecule has 0 aliphatic heterocycles. The minimum atomic E-state index is -0.978. The highest BCUT2D eigenvalue weighted by atomic mass is 16.4. The molecule has 1 aromatic rings. The van der Waals surface area contributed by atoms with Crippen LogP contribution in [0.1, 0.15) is 19.5 Å². The lowest BCUT2D eigenvalue weighted by molar-refractivity contribution is 0.108. The van der Waals surface area contributed by atoms with Crippen molar-refractivity contribution in [3.63, 3.8) is 0 Å². The van der Waals surface area contributed by atoms with Crippen LogP contribution in [0, 0.1) is 0 Å². The maximum atomic E-state index is 10.8. The fraction of sp³-hybridized carbons (Fsp3) is 0.444. The summed E-state index contributed by atoms with van der Waals surface area (Å²) in [6.45, 7) is 3.59. The van der Waals surface area contributed by atoms with Crippen LogP contribution in [-0.2, 0) is 5.54 Å². The maximum Gasteiger partial charge on any atom is 0.407 e. The van der Waals surface area contributed by atoms with Crippen LogP contribution in [0.15, 0.2) is 18.6 Å². The van der Waals surface area contributed by atoms with Crippen LogP contribution in [0.4, 0.5) is 4.79 Å². The zero-order valence-corrected chi connectivity index (χ0v) is 8.43. The monoisotopic (exact) mass is 195 g/mol. The van der Waals surface area contributed by atoms with E-state index in [1.54, 1.807) is 26.1 Å². The van der Waals surface area contributed by atoms with Gasteiger partial charge in [-0.3, -0.25) is 0 Å². The average molecular weight is 195 g/mol. The summed E-state index contributed by atoms with van der Waals surface area (Å²) in [7, 11) is 1.52. The first kappa shape index (κ1) is 10.4. The molecule has 0 saturated carbocycles. The first-order chi connectivity index (χ1) is 6.46. The molecule has 0 atom stereocenters. The standard InChI is InChI=1S/C9H13N3O2/c1-9(2,12(3)8(13)14)7-4-5-10-6-11-7/h4-6H,1-3H3,(H,13,14). The summed E-state index contributed by atoms with van der Waals surface area (Å²) in [6, 6.07) is 1.71. The highest BCUT2D eigenvalue weighted by Gasteiger charge is 2.30. The normalized spacial score (nSPS) is 11.1. The molecular weight excluding hydrogens is 182 g/mol. The van der Waals surface area contributed by atoms with E-state index >= 15 is 0 Å². The molecule has 76 valence electrons. The van der Waals surface area contributed by atoms with Gasteiger partial charge in [0.25, 0.3) is 0 Å². The quantitative estimate of drug-likeness (QED) is 0.772. The predicted octanol–water partition coefficient (Wildman–Crippen LogP) is 1.32. The van der Waals surface area contributed by atoms with Gasteiger partial charge in [-0.15, -0.1) is 0 Å². The number of carboxylic acid groups (broad SMARTS) is 1. The van der Waals surface area contributed by atoms with E-state index in [4.69, 9.17) is 5.11 Å². The second-order valence-electron chi connectivity index (χ2n) is 3.50. The predicted molar refractivity (Wildman–Crippen MR) is 50.8 cm³/mol. The largest absolute Gasteiger partial charge is 0.465 e. The minimum Gasteiger partial charge on any atom is -0.465 e. The fourth-order valence-electron chi connectivity index (χ4n) is 1.06. The minimum absolute atomic E-state index is 0.644. The molecule has 1 amide bonds. The molecule has 5 heteroatoms. The van der Waals surface area contributed by atoms with Gasteiger partial charge in [-0.25, -0.2) is 14.8 Å². The van der Waals surface area contributed by atoms with Gasteiger partial charge in [0.1, 0.15) is 6.33 Å². The van der Waals surface area contributed by atoms with Gasteiger partial charge >= 0.3 is 6.09 Å². The molecule has 0 bridgehead atoms. The van der Waals surface area contributed by atoms with Crippen LogP contribution in [0.5, 0.6) is 0 Å². The van der Waals surface area contributed by atoms with Gasteiger partial charge in [-0.2, -0.15) is 0 Å². The van der Waals surface area contributed by atoms with Crippen molar-refractivity contribution in [1.82, 2.24) is 14.9 Å². The molecule has 0 saturated heterocycles. The van der Waals surface area contributed by atoms with Crippen molar-refractivity contribution < 1.29 is 9.90 Å². The van der Waals surface area contributed by atoms with Gasteiger partial charge in [0.15, 0.2) is 0 Å². The number of rotatable bonds is 2. The summed E-state index contributed by atoms with van der Waals surface area (Å²) in [6.07, 6.45) is 2.03. The van der Waals surface area contributed by atoms with E-state index in [9.17, 15) is 4.79 Å². The van der Waals surface area contributed by atoms with Crippen LogP contribution in [0.3, 0.4) is 0 Å². The van der Waals surface area contributed by atoms with E-state index in [0.717, 1.165) is 0 Å². The second-order valence-corrected chi connectivity index (χ2v) is 3.50. The Kier molecular flexibility index (Phi) is 2.69. The van der Waals surface area contributed by atoms with Crippen LogP contribution >= 0.6 is 0 Å². The average Bonchev–Trinajstić information content (AvgIpc) is 2.18. The summed E-state index contributed by atoms with van der Waals surface area (Å²) in [5.41, 5.74) is 0.0341. The number of carbonyl (C=O) groups is 1. The van der Waals surface area contributed by atoms with E-state index in [1.807, 2.05) is 0 Å². The van der Waals surface area contributed by atoms with Gasteiger partial charge in [0, 0.05) is 13.2 Å². The second kappa shape index (κ2) is 3.61. The zero-order valence-electron chi connectivity index (χ0n) is 8.43.